The van der Waals surface area contributed by atoms with Gasteiger partial charge in [0.1, 0.15) is 11.4 Å². The average molecular weight is 369 g/mol. The first kappa shape index (κ1) is 18.6. The number of benzene rings is 2. The molecule has 1 N–H and O–H groups in total. The highest BCUT2D eigenvalue weighted by Crippen LogP contribution is 2.26. The maximum Gasteiger partial charge on any atom is 0.375 e. The first-order chi connectivity index (χ1) is 13.0. The lowest BCUT2D eigenvalue weighted by molar-refractivity contribution is -0.129. The topological polar surface area (TPSA) is 68.5 Å². The normalized spacial score (nSPS) is 12.0. The van der Waals surface area contributed by atoms with Crippen molar-refractivity contribution in [1.29, 1.82) is 0 Å². The third-order valence-corrected chi connectivity index (χ3v) is 4.29. The van der Waals surface area contributed by atoms with Crippen LogP contribution in [0.1, 0.15) is 28.6 Å². The smallest absolute Gasteiger partial charge is 0.375 e. The summed E-state index contributed by atoms with van der Waals surface area (Å²) in [6.07, 6.45) is -0.292. The summed E-state index contributed by atoms with van der Waals surface area (Å²) in [4.78, 5) is 24.5. The zero-order chi connectivity index (χ0) is 19.4. The fourth-order valence-electron chi connectivity index (χ4n) is 2.77. The van der Waals surface area contributed by atoms with Crippen LogP contribution in [-0.2, 0) is 16.0 Å². The van der Waals surface area contributed by atoms with Crippen LogP contribution in [-0.4, -0.2) is 24.5 Å². The van der Waals surface area contributed by atoms with E-state index in [4.69, 9.17) is 9.15 Å². The molecular weight excluding hydrogens is 349 g/mol. The lowest BCUT2D eigenvalue weighted by atomic mass is 10.1. The van der Waals surface area contributed by atoms with Gasteiger partial charge >= 0.3 is 5.97 Å². The second kappa shape index (κ2) is 8.03. The Morgan fingerprint density at radius 2 is 1.93 bits per heavy atom. The summed E-state index contributed by atoms with van der Waals surface area (Å²) < 4.78 is 24.0. The van der Waals surface area contributed by atoms with Crippen LogP contribution in [0.15, 0.2) is 52.9 Å². The van der Waals surface area contributed by atoms with E-state index < -0.39 is 17.9 Å². The van der Waals surface area contributed by atoms with Gasteiger partial charge in [0.15, 0.2) is 6.10 Å². The molecule has 0 saturated carbocycles. The SMILES string of the molecule is Cc1c(C(=O)O[C@H](C)C(=O)NCCc2ccccc2)oc2ccc(F)cc12. The van der Waals surface area contributed by atoms with Crippen molar-refractivity contribution in [2.75, 3.05) is 6.54 Å². The predicted octanol–water partition coefficient (Wildman–Crippen LogP) is 3.78. The van der Waals surface area contributed by atoms with Crippen molar-refractivity contribution in [1.82, 2.24) is 5.32 Å². The average Bonchev–Trinajstić information content (AvgIpc) is 2.99. The summed E-state index contributed by atoms with van der Waals surface area (Å²) in [6.45, 7) is 3.58. The molecule has 1 aromatic heterocycles. The molecule has 140 valence electrons. The molecule has 0 bridgehead atoms. The molecule has 3 aromatic rings. The van der Waals surface area contributed by atoms with Gasteiger partial charge in [0.05, 0.1) is 0 Å². The van der Waals surface area contributed by atoms with Crippen molar-refractivity contribution in [3.8, 4) is 0 Å². The fourth-order valence-corrected chi connectivity index (χ4v) is 2.77. The van der Waals surface area contributed by atoms with Gasteiger partial charge in [-0.1, -0.05) is 30.3 Å². The largest absolute Gasteiger partial charge is 0.449 e. The minimum atomic E-state index is -0.974. The molecule has 1 amide bonds. The Morgan fingerprint density at radius 3 is 2.67 bits per heavy atom. The van der Waals surface area contributed by atoms with E-state index in [2.05, 4.69) is 5.32 Å². The number of ether oxygens (including phenoxy) is 1. The number of fused-ring (bicyclic) bond motifs is 1. The number of amides is 1. The van der Waals surface area contributed by atoms with Crippen LogP contribution >= 0.6 is 0 Å². The molecule has 0 aliphatic carbocycles. The van der Waals surface area contributed by atoms with Gasteiger partial charge in [-0.05, 0) is 44.0 Å². The zero-order valence-electron chi connectivity index (χ0n) is 15.1. The Labute approximate surface area is 156 Å². The number of furan rings is 1. The van der Waals surface area contributed by atoms with E-state index in [-0.39, 0.29) is 11.7 Å². The van der Waals surface area contributed by atoms with Crippen LogP contribution in [0.25, 0.3) is 11.0 Å². The van der Waals surface area contributed by atoms with Gasteiger partial charge in [0.2, 0.25) is 5.76 Å². The summed E-state index contributed by atoms with van der Waals surface area (Å²) in [6, 6.07) is 13.7. The lowest BCUT2D eigenvalue weighted by Crippen LogP contribution is -2.36. The van der Waals surface area contributed by atoms with Crippen molar-refractivity contribution >= 4 is 22.8 Å². The molecule has 0 aliphatic heterocycles. The van der Waals surface area contributed by atoms with Crippen molar-refractivity contribution < 1.29 is 23.1 Å². The number of hydrogen-bond acceptors (Lipinski definition) is 4. The molecule has 6 heteroatoms. The van der Waals surface area contributed by atoms with Crippen molar-refractivity contribution in [2.45, 2.75) is 26.4 Å². The Hall–Kier alpha value is -3.15. The summed E-state index contributed by atoms with van der Waals surface area (Å²) in [7, 11) is 0. The van der Waals surface area contributed by atoms with Gasteiger partial charge in [-0.25, -0.2) is 9.18 Å². The van der Waals surface area contributed by atoms with Crippen LogP contribution in [0.3, 0.4) is 0 Å². The van der Waals surface area contributed by atoms with E-state index in [0.717, 1.165) is 5.56 Å². The highest BCUT2D eigenvalue weighted by molar-refractivity contribution is 5.97. The van der Waals surface area contributed by atoms with E-state index in [9.17, 15) is 14.0 Å². The number of aryl methyl sites for hydroxylation is 1. The van der Waals surface area contributed by atoms with Gasteiger partial charge in [-0.3, -0.25) is 4.79 Å². The number of esters is 1. The molecule has 0 spiro atoms. The molecule has 1 heterocycles. The maximum absolute atomic E-state index is 13.4. The number of hydrogen-bond donors (Lipinski definition) is 1. The van der Waals surface area contributed by atoms with Crippen LogP contribution < -0.4 is 5.32 Å². The summed E-state index contributed by atoms with van der Waals surface area (Å²) in [5.41, 5.74) is 1.97. The van der Waals surface area contributed by atoms with Crippen LogP contribution in [0.2, 0.25) is 0 Å². The monoisotopic (exact) mass is 369 g/mol. The minimum Gasteiger partial charge on any atom is -0.449 e. The van der Waals surface area contributed by atoms with E-state index >= 15 is 0 Å². The summed E-state index contributed by atoms with van der Waals surface area (Å²) in [5.74, 6) is -1.59. The van der Waals surface area contributed by atoms with Crippen LogP contribution in [0, 0.1) is 12.7 Å². The number of carbonyl (C=O) groups is 2. The van der Waals surface area contributed by atoms with Gasteiger partial charge in [0.25, 0.3) is 5.91 Å². The second-order valence-corrected chi connectivity index (χ2v) is 6.27. The number of rotatable bonds is 6. The molecule has 1 atom stereocenters. The standard InChI is InChI=1S/C21H20FNO4/c1-13-17-12-16(22)8-9-18(17)27-19(13)21(25)26-14(2)20(24)23-11-10-15-6-4-3-5-7-15/h3-9,12,14H,10-11H2,1-2H3,(H,23,24)/t14-/m1/s1. The Morgan fingerprint density at radius 1 is 1.19 bits per heavy atom. The molecule has 27 heavy (non-hydrogen) atoms. The molecule has 0 aliphatic rings. The first-order valence-corrected chi connectivity index (χ1v) is 8.67. The van der Waals surface area contributed by atoms with E-state index in [1.807, 2.05) is 30.3 Å². The second-order valence-electron chi connectivity index (χ2n) is 6.27. The molecule has 0 unspecified atom stereocenters. The molecular formula is C21H20FNO4. The molecule has 5 nitrogen and oxygen atoms in total. The third kappa shape index (κ3) is 4.34. The Kier molecular flexibility index (Phi) is 5.54. The van der Waals surface area contributed by atoms with Gasteiger partial charge in [0, 0.05) is 17.5 Å². The van der Waals surface area contributed by atoms with Gasteiger partial charge in [-0.15, -0.1) is 0 Å². The van der Waals surface area contributed by atoms with E-state index in [1.165, 1.54) is 25.1 Å². The zero-order valence-corrected chi connectivity index (χ0v) is 15.1. The van der Waals surface area contributed by atoms with Gasteiger partial charge < -0.3 is 14.5 Å². The highest BCUT2D eigenvalue weighted by atomic mass is 19.1. The highest BCUT2D eigenvalue weighted by Gasteiger charge is 2.24. The Balaban J connectivity index is 1.58. The lowest BCUT2D eigenvalue weighted by Gasteiger charge is -2.13. The molecule has 2 aromatic carbocycles. The van der Waals surface area contributed by atoms with Crippen molar-refractivity contribution in [2.24, 2.45) is 0 Å². The predicted molar refractivity (Wildman–Crippen MR) is 98.9 cm³/mol. The molecule has 3 rings (SSSR count). The van der Waals surface area contributed by atoms with Crippen molar-refractivity contribution in [3.63, 3.8) is 0 Å². The van der Waals surface area contributed by atoms with E-state index in [0.29, 0.717) is 29.5 Å². The summed E-state index contributed by atoms with van der Waals surface area (Å²) in [5, 5.41) is 3.24. The summed E-state index contributed by atoms with van der Waals surface area (Å²) >= 11 is 0. The van der Waals surface area contributed by atoms with Gasteiger partial charge in [-0.2, -0.15) is 0 Å². The Bertz CT molecular complexity index is 965. The number of halogens is 1. The van der Waals surface area contributed by atoms with E-state index in [1.54, 1.807) is 6.92 Å². The minimum absolute atomic E-state index is 0.0282. The quantitative estimate of drug-likeness (QED) is 0.672. The molecule has 0 radical (unpaired) electrons. The molecule has 0 saturated heterocycles. The van der Waals surface area contributed by atoms with Crippen LogP contribution in [0.4, 0.5) is 4.39 Å². The number of carbonyl (C=O) groups excluding carboxylic acids is 2. The third-order valence-electron chi connectivity index (χ3n) is 4.29. The number of nitrogens with one attached hydrogen (secondary N) is 1. The fraction of sp³-hybridized carbons (Fsp3) is 0.238. The van der Waals surface area contributed by atoms with Crippen molar-refractivity contribution in [3.05, 3.63) is 71.2 Å². The maximum atomic E-state index is 13.4. The van der Waals surface area contributed by atoms with Crippen LogP contribution in [0.5, 0.6) is 0 Å². The molecule has 0 fully saturated rings. The first-order valence-electron chi connectivity index (χ1n) is 8.67.